The van der Waals surface area contributed by atoms with Gasteiger partial charge in [-0.1, -0.05) is 25.2 Å². The molecule has 0 spiro atoms. The number of benzene rings is 1. The summed E-state index contributed by atoms with van der Waals surface area (Å²) < 4.78 is 1.66. The highest BCUT2D eigenvalue weighted by molar-refractivity contribution is 9.10. The minimum Gasteiger partial charge on any atom is -0.343 e. The van der Waals surface area contributed by atoms with Crippen LogP contribution in [0.15, 0.2) is 16.6 Å². The van der Waals surface area contributed by atoms with Gasteiger partial charge >= 0.3 is 0 Å². The Morgan fingerprint density at radius 3 is 2.87 bits per heavy atom. The van der Waals surface area contributed by atoms with Gasteiger partial charge in [0.1, 0.15) is 10.5 Å². The number of hydrogen-bond acceptors (Lipinski definition) is 2. The van der Waals surface area contributed by atoms with Crippen molar-refractivity contribution in [3.8, 4) is 0 Å². The molecule has 0 fully saturated rings. The third-order valence-electron chi connectivity index (χ3n) is 2.42. The topological polar surface area (TPSA) is 28.7 Å². The van der Waals surface area contributed by atoms with Crippen molar-refractivity contribution in [1.82, 2.24) is 9.97 Å². The minimum absolute atomic E-state index is 0.663. The number of aromatic nitrogens is 2. The molecule has 78 valence electrons. The molecule has 0 unspecified atom stereocenters. The average molecular weight is 283 g/mol. The van der Waals surface area contributed by atoms with E-state index in [4.69, 9.17) is 12.2 Å². The zero-order valence-electron chi connectivity index (χ0n) is 8.60. The Kier molecular flexibility index (Phi) is 2.89. The van der Waals surface area contributed by atoms with Crippen LogP contribution < -0.4 is 0 Å². The largest absolute Gasteiger partial charge is 0.343 e. The van der Waals surface area contributed by atoms with Gasteiger partial charge in [-0.05, 0) is 34.5 Å². The molecule has 1 N–H and O–H groups in total. The molecule has 1 heterocycles. The number of rotatable bonds is 1. The number of nitrogens with zero attached hydrogens (tertiary/aromatic N) is 1. The molecule has 0 aliphatic carbocycles. The maximum atomic E-state index is 5.29. The molecule has 0 aliphatic rings. The number of fused-ring (bicyclic) bond motifs is 1. The van der Waals surface area contributed by atoms with Crippen molar-refractivity contribution >= 4 is 39.1 Å². The first-order valence-electron chi connectivity index (χ1n) is 4.81. The molecule has 0 bridgehead atoms. The van der Waals surface area contributed by atoms with E-state index in [-0.39, 0.29) is 0 Å². The zero-order chi connectivity index (χ0) is 11.0. The molecule has 1 aromatic carbocycles. The molecule has 2 rings (SSSR count). The molecule has 1 aromatic heterocycles. The summed E-state index contributed by atoms with van der Waals surface area (Å²) in [6.07, 6.45) is 0.867. The van der Waals surface area contributed by atoms with Crippen molar-refractivity contribution in [2.24, 2.45) is 0 Å². The van der Waals surface area contributed by atoms with Gasteiger partial charge < -0.3 is 4.98 Å². The van der Waals surface area contributed by atoms with Gasteiger partial charge in [-0.25, -0.2) is 4.98 Å². The summed E-state index contributed by atoms with van der Waals surface area (Å²) in [6, 6.07) is 4.08. The van der Waals surface area contributed by atoms with Crippen LogP contribution in [0.3, 0.4) is 0 Å². The molecule has 2 nitrogen and oxygen atoms in total. The van der Waals surface area contributed by atoms with Gasteiger partial charge in [0, 0.05) is 16.3 Å². The van der Waals surface area contributed by atoms with Gasteiger partial charge in [-0.2, -0.15) is 0 Å². The van der Waals surface area contributed by atoms with E-state index in [9.17, 15) is 0 Å². The molecular weight excluding hydrogens is 272 g/mol. The van der Waals surface area contributed by atoms with Crippen molar-refractivity contribution in [3.05, 3.63) is 32.6 Å². The van der Waals surface area contributed by atoms with Gasteiger partial charge in [0.2, 0.25) is 0 Å². The molecule has 0 atom stereocenters. The number of aromatic amines is 1. The van der Waals surface area contributed by atoms with E-state index < -0.39 is 0 Å². The van der Waals surface area contributed by atoms with Gasteiger partial charge in [0.05, 0.1) is 5.52 Å². The first-order valence-corrected chi connectivity index (χ1v) is 6.01. The second-order valence-electron chi connectivity index (χ2n) is 3.46. The molecule has 0 saturated heterocycles. The lowest BCUT2D eigenvalue weighted by atomic mass is 10.1. The van der Waals surface area contributed by atoms with E-state index in [2.05, 4.69) is 45.8 Å². The average Bonchev–Trinajstić information content (AvgIpc) is 2.23. The fourth-order valence-electron chi connectivity index (χ4n) is 1.57. The van der Waals surface area contributed by atoms with E-state index in [0.29, 0.717) is 4.64 Å². The summed E-state index contributed by atoms with van der Waals surface area (Å²) in [4.78, 5) is 7.67. The van der Waals surface area contributed by atoms with E-state index in [0.717, 1.165) is 27.6 Å². The van der Waals surface area contributed by atoms with E-state index in [1.165, 1.54) is 5.56 Å². The predicted octanol–water partition coefficient (Wildman–Crippen LogP) is 3.93. The Morgan fingerprint density at radius 2 is 2.20 bits per heavy atom. The third kappa shape index (κ3) is 1.84. The summed E-state index contributed by atoms with van der Waals surface area (Å²) in [7, 11) is 0. The SMILES string of the molecule is CCc1nc(=S)c2c(Br)ccc(C)c2[nH]1. The Bertz CT molecular complexity index is 575. The molecule has 0 radical (unpaired) electrons. The first kappa shape index (κ1) is 10.8. The molecular formula is C11H11BrN2S. The normalized spacial score (nSPS) is 10.9. The fourth-order valence-corrected chi connectivity index (χ4v) is 2.54. The number of halogens is 1. The number of hydrogen-bond donors (Lipinski definition) is 1. The van der Waals surface area contributed by atoms with Gasteiger partial charge in [0.25, 0.3) is 0 Å². The zero-order valence-corrected chi connectivity index (χ0v) is 11.0. The highest BCUT2D eigenvalue weighted by atomic mass is 79.9. The van der Waals surface area contributed by atoms with E-state index >= 15 is 0 Å². The van der Waals surface area contributed by atoms with Gasteiger partial charge in [-0.15, -0.1) is 0 Å². The summed E-state index contributed by atoms with van der Waals surface area (Å²) in [6.45, 7) is 4.13. The Hall–Kier alpha value is -0.740. The van der Waals surface area contributed by atoms with Crippen molar-refractivity contribution in [3.63, 3.8) is 0 Å². The molecule has 4 heteroatoms. The van der Waals surface area contributed by atoms with E-state index in [1.54, 1.807) is 0 Å². The van der Waals surface area contributed by atoms with Crippen molar-refractivity contribution in [2.75, 3.05) is 0 Å². The number of nitrogens with one attached hydrogen (secondary N) is 1. The van der Waals surface area contributed by atoms with Crippen LogP contribution in [-0.2, 0) is 6.42 Å². The predicted molar refractivity (Wildman–Crippen MR) is 68.7 cm³/mol. The fraction of sp³-hybridized carbons (Fsp3) is 0.273. The molecule has 2 aromatic rings. The summed E-state index contributed by atoms with van der Waals surface area (Å²) in [5.41, 5.74) is 2.28. The van der Waals surface area contributed by atoms with Crippen molar-refractivity contribution in [2.45, 2.75) is 20.3 Å². The summed E-state index contributed by atoms with van der Waals surface area (Å²) >= 11 is 8.80. The summed E-state index contributed by atoms with van der Waals surface area (Å²) in [5, 5.41) is 1.00. The quantitative estimate of drug-likeness (QED) is 0.803. The van der Waals surface area contributed by atoms with Crippen LogP contribution in [0.25, 0.3) is 10.9 Å². The Morgan fingerprint density at radius 1 is 1.47 bits per heavy atom. The van der Waals surface area contributed by atoms with Crippen LogP contribution in [0.5, 0.6) is 0 Å². The maximum Gasteiger partial charge on any atom is 0.138 e. The van der Waals surface area contributed by atoms with Crippen LogP contribution in [0.2, 0.25) is 0 Å². The molecule has 0 saturated carbocycles. The lowest BCUT2D eigenvalue weighted by molar-refractivity contribution is 0.953. The van der Waals surface area contributed by atoms with E-state index in [1.807, 2.05) is 6.07 Å². The monoisotopic (exact) mass is 282 g/mol. The minimum atomic E-state index is 0.663. The third-order valence-corrected chi connectivity index (χ3v) is 3.37. The van der Waals surface area contributed by atoms with Gasteiger partial charge in [0.15, 0.2) is 0 Å². The maximum absolute atomic E-state index is 5.29. The lowest BCUT2D eigenvalue weighted by Crippen LogP contribution is -1.96. The highest BCUT2D eigenvalue weighted by Gasteiger charge is 2.06. The molecule has 15 heavy (non-hydrogen) atoms. The second kappa shape index (κ2) is 4.02. The van der Waals surface area contributed by atoms with Crippen LogP contribution >= 0.6 is 28.1 Å². The number of H-pyrrole nitrogens is 1. The lowest BCUT2D eigenvalue weighted by Gasteiger charge is -2.06. The number of aryl methyl sites for hydroxylation is 2. The van der Waals surface area contributed by atoms with Crippen LogP contribution in [-0.4, -0.2) is 9.97 Å². The van der Waals surface area contributed by atoms with Gasteiger partial charge in [-0.3, -0.25) is 0 Å². The highest BCUT2D eigenvalue weighted by Crippen LogP contribution is 2.25. The Labute approximate surface area is 102 Å². The van der Waals surface area contributed by atoms with Crippen LogP contribution in [0.4, 0.5) is 0 Å². The standard InChI is InChI=1S/C11H11BrN2S/c1-3-8-13-10-6(2)4-5-7(12)9(10)11(15)14-8/h4-5H,3H2,1-2H3,(H,13,14,15). The van der Waals surface area contributed by atoms with Crippen LogP contribution in [0.1, 0.15) is 18.3 Å². The summed E-state index contributed by atoms with van der Waals surface area (Å²) in [5.74, 6) is 0.939. The first-order chi connectivity index (χ1) is 7.13. The smallest absolute Gasteiger partial charge is 0.138 e. The van der Waals surface area contributed by atoms with Crippen LogP contribution in [0, 0.1) is 11.6 Å². The Balaban J connectivity index is 2.97. The molecule has 0 aliphatic heterocycles. The molecule has 0 amide bonds. The van der Waals surface area contributed by atoms with Crippen molar-refractivity contribution < 1.29 is 0 Å². The van der Waals surface area contributed by atoms with Crippen molar-refractivity contribution in [1.29, 1.82) is 0 Å². The second-order valence-corrected chi connectivity index (χ2v) is 4.70.